The molecular weight excluding hydrogens is 397 g/mol. The minimum absolute atomic E-state index is 0.104. The molecule has 3 aromatic carbocycles. The summed E-state index contributed by atoms with van der Waals surface area (Å²) in [6.07, 6.45) is 0. The van der Waals surface area contributed by atoms with Crippen LogP contribution in [0.5, 0.6) is 5.75 Å². The molecule has 0 fully saturated rings. The summed E-state index contributed by atoms with van der Waals surface area (Å²) >= 11 is 12.5. The van der Waals surface area contributed by atoms with Gasteiger partial charge in [0, 0.05) is 16.0 Å². The molecule has 28 heavy (non-hydrogen) atoms. The SMILES string of the molecule is N#Cc1ccc(-c2c(-c3ccc(O)cc3)c3cc(Cl)cc(Cl)c3oc2=O)cc1. The van der Waals surface area contributed by atoms with Crippen LogP contribution in [0.2, 0.25) is 10.0 Å². The van der Waals surface area contributed by atoms with Gasteiger partial charge in [-0.05, 0) is 47.5 Å². The molecule has 0 bridgehead atoms. The Bertz CT molecular complexity index is 1300. The Morgan fingerprint density at radius 3 is 2.14 bits per heavy atom. The van der Waals surface area contributed by atoms with Crippen LogP contribution in [0.25, 0.3) is 33.2 Å². The fourth-order valence-electron chi connectivity index (χ4n) is 3.13. The molecule has 0 amide bonds. The number of hydrogen-bond donors (Lipinski definition) is 1. The van der Waals surface area contributed by atoms with Gasteiger partial charge < -0.3 is 9.52 Å². The molecule has 0 saturated heterocycles. The van der Waals surface area contributed by atoms with E-state index in [4.69, 9.17) is 32.9 Å². The van der Waals surface area contributed by atoms with Crippen molar-refractivity contribution in [2.24, 2.45) is 0 Å². The highest BCUT2D eigenvalue weighted by molar-refractivity contribution is 6.38. The van der Waals surface area contributed by atoms with E-state index < -0.39 is 5.63 Å². The summed E-state index contributed by atoms with van der Waals surface area (Å²) in [5.41, 5.74) is 2.33. The van der Waals surface area contributed by atoms with Gasteiger partial charge in [0.15, 0.2) is 5.58 Å². The molecule has 0 aliphatic heterocycles. The van der Waals surface area contributed by atoms with Crippen LogP contribution >= 0.6 is 23.2 Å². The van der Waals surface area contributed by atoms with Crippen LogP contribution in [-0.2, 0) is 0 Å². The molecule has 0 aliphatic rings. The van der Waals surface area contributed by atoms with Crippen molar-refractivity contribution >= 4 is 34.2 Å². The third-order valence-electron chi connectivity index (χ3n) is 4.39. The fourth-order valence-corrected chi connectivity index (χ4v) is 3.66. The molecule has 0 atom stereocenters. The monoisotopic (exact) mass is 407 g/mol. The van der Waals surface area contributed by atoms with Crippen molar-refractivity contribution in [3.63, 3.8) is 0 Å². The maximum atomic E-state index is 12.9. The van der Waals surface area contributed by atoms with Crippen LogP contribution in [0, 0.1) is 11.3 Å². The Kier molecular flexibility index (Phi) is 4.56. The van der Waals surface area contributed by atoms with Crippen molar-refractivity contribution in [1.82, 2.24) is 0 Å². The van der Waals surface area contributed by atoms with E-state index in [9.17, 15) is 9.90 Å². The number of fused-ring (bicyclic) bond motifs is 1. The van der Waals surface area contributed by atoms with E-state index in [1.54, 1.807) is 42.5 Å². The van der Waals surface area contributed by atoms with Crippen molar-refractivity contribution < 1.29 is 9.52 Å². The van der Waals surface area contributed by atoms with Gasteiger partial charge in [-0.15, -0.1) is 0 Å². The maximum Gasteiger partial charge on any atom is 0.344 e. The van der Waals surface area contributed by atoms with Crippen molar-refractivity contribution in [3.8, 4) is 34.1 Å². The topological polar surface area (TPSA) is 74.2 Å². The molecule has 0 radical (unpaired) electrons. The van der Waals surface area contributed by atoms with Crippen LogP contribution in [0.1, 0.15) is 5.56 Å². The minimum Gasteiger partial charge on any atom is -0.508 e. The molecule has 0 aliphatic carbocycles. The molecule has 4 nitrogen and oxygen atoms in total. The zero-order chi connectivity index (χ0) is 19.8. The Morgan fingerprint density at radius 1 is 0.893 bits per heavy atom. The molecule has 4 rings (SSSR count). The summed E-state index contributed by atoms with van der Waals surface area (Å²) < 4.78 is 5.51. The highest BCUT2D eigenvalue weighted by Gasteiger charge is 2.20. The second kappa shape index (κ2) is 7.05. The number of hydrogen-bond acceptors (Lipinski definition) is 4. The summed E-state index contributed by atoms with van der Waals surface area (Å²) in [7, 11) is 0. The predicted molar refractivity (Wildman–Crippen MR) is 110 cm³/mol. The van der Waals surface area contributed by atoms with Crippen LogP contribution < -0.4 is 5.63 Å². The third-order valence-corrected chi connectivity index (χ3v) is 4.88. The lowest BCUT2D eigenvalue weighted by atomic mass is 9.92. The first-order valence-corrected chi connectivity index (χ1v) is 8.99. The van der Waals surface area contributed by atoms with E-state index in [0.717, 1.165) is 0 Å². The predicted octanol–water partition coefficient (Wildman–Crippen LogP) is 6.01. The Morgan fingerprint density at radius 2 is 1.50 bits per heavy atom. The van der Waals surface area contributed by atoms with Crippen LogP contribution in [0.15, 0.2) is 69.9 Å². The zero-order valence-electron chi connectivity index (χ0n) is 14.2. The number of rotatable bonds is 2. The molecule has 6 heteroatoms. The third kappa shape index (κ3) is 3.11. The first-order valence-electron chi connectivity index (χ1n) is 8.23. The van der Waals surface area contributed by atoms with Gasteiger partial charge in [-0.3, -0.25) is 0 Å². The molecule has 136 valence electrons. The van der Waals surface area contributed by atoms with Crippen LogP contribution in [0.4, 0.5) is 0 Å². The second-order valence-corrected chi connectivity index (χ2v) is 6.98. The van der Waals surface area contributed by atoms with Gasteiger partial charge in [-0.2, -0.15) is 5.26 Å². The number of phenolic OH excluding ortho intramolecular Hbond substituents is 1. The number of nitriles is 1. The zero-order valence-corrected chi connectivity index (χ0v) is 15.8. The number of phenols is 1. The molecule has 1 aromatic heterocycles. The van der Waals surface area contributed by atoms with Crippen LogP contribution in [-0.4, -0.2) is 5.11 Å². The summed E-state index contributed by atoms with van der Waals surface area (Å²) in [6.45, 7) is 0. The van der Waals surface area contributed by atoms with E-state index in [2.05, 4.69) is 6.07 Å². The average Bonchev–Trinajstić information content (AvgIpc) is 2.69. The highest BCUT2D eigenvalue weighted by atomic mass is 35.5. The number of halogens is 2. The molecule has 1 heterocycles. The Balaban J connectivity index is 2.15. The quantitative estimate of drug-likeness (QED) is 0.412. The lowest BCUT2D eigenvalue weighted by Crippen LogP contribution is -2.06. The molecule has 0 spiro atoms. The maximum absolute atomic E-state index is 12.9. The molecule has 4 aromatic rings. The van der Waals surface area contributed by atoms with Gasteiger partial charge in [-0.1, -0.05) is 47.5 Å². The fraction of sp³-hybridized carbons (Fsp3) is 0. The average molecular weight is 408 g/mol. The summed E-state index contributed by atoms with van der Waals surface area (Å²) in [5.74, 6) is 0.104. The Hall–Kier alpha value is -3.26. The van der Waals surface area contributed by atoms with Crippen molar-refractivity contribution in [3.05, 3.63) is 86.7 Å². The second-order valence-electron chi connectivity index (χ2n) is 6.14. The van der Waals surface area contributed by atoms with Crippen molar-refractivity contribution in [2.75, 3.05) is 0 Å². The molecule has 0 unspecified atom stereocenters. The summed E-state index contributed by atoms with van der Waals surface area (Å²) in [5, 5.41) is 19.9. The van der Waals surface area contributed by atoms with E-state index in [1.807, 2.05) is 0 Å². The van der Waals surface area contributed by atoms with E-state index in [1.165, 1.54) is 18.2 Å². The number of benzene rings is 3. The lowest BCUT2D eigenvalue weighted by molar-refractivity contribution is 0.475. The molecule has 0 saturated carbocycles. The highest BCUT2D eigenvalue weighted by Crippen LogP contribution is 2.39. The van der Waals surface area contributed by atoms with Gasteiger partial charge in [-0.25, -0.2) is 4.79 Å². The summed E-state index contributed by atoms with van der Waals surface area (Å²) in [4.78, 5) is 12.9. The van der Waals surface area contributed by atoms with Gasteiger partial charge in [0.05, 0.1) is 22.2 Å². The summed E-state index contributed by atoms with van der Waals surface area (Å²) in [6, 6.07) is 18.3. The normalized spacial score (nSPS) is 10.8. The first-order chi connectivity index (χ1) is 13.5. The lowest BCUT2D eigenvalue weighted by Gasteiger charge is -2.13. The van der Waals surface area contributed by atoms with Gasteiger partial charge >= 0.3 is 5.63 Å². The van der Waals surface area contributed by atoms with Gasteiger partial charge in [0.25, 0.3) is 0 Å². The van der Waals surface area contributed by atoms with Gasteiger partial charge in [0.1, 0.15) is 5.75 Å². The van der Waals surface area contributed by atoms with Crippen molar-refractivity contribution in [2.45, 2.75) is 0 Å². The van der Waals surface area contributed by atoms with E-state index in [0.29, 0.717) is 38.2 Å². The van der Waals surface area contributed by atoms with Gasteiger partial charge in [0.2, 0.25) is 0 Å². The first kappa shape index (κ1) is 18.1. The van der Waals surface area contributed by atoms with E-state index in [-0.39, 0.29) is 16.4 Å². The van der Waals surface area contributed by atoms with Crippen molar-refractivity contribution in [1.29, 1.82) is 5.26 Å². The molecular formula is C22H11Cl2NO3. The smallest absolute Gasteiger partial charge is 0.344 e. The Labute approximate surface area is 169 Å². The minimum atomic E-state index is -0.565. The van der Waals surface area contributed by atoms with E-state index >= 15 is 0 Å². The number of aromatic hydroxyl groups is 1. The standard InChI is InChI=1S/C22H11Cl2NO3/c23-15-9-17-19(13-5-7-16(26)8-6-13)20(14-3-1-12(11-25)2-4-14)22(27)28-21(17)18(24)10-15/h1-10,26H. The largest absolute Gasteiger partial charge is 0.508 e. The molecule has 1 N–H and O–H groups in total. The number of nitrogens with zero attached hydrogens (tertiary/aromatic N) is 1. The van der Waals surface area contributed by atoms with Crippen LogP contribution in [0.3, 0.4) is 0 Å².